The quantitative estimate of drug-likeness (QED) is 0.284. The Kier molecular flexibility index (Phi) is 6.86. The average Bonchev–Trinajstić information content (AvgIpc) is 2.31. The zero-order valence-electron chi connectivity index (χ0n) is 8.25. The van der Waals surface area contributed by atoms with Gasteiger partial charge in [0.25, 0.3) is 0 Å². The topological polar surface area (TPSA) is 0 Å². The molecule has 0 spiro atoms. The fourth-order valence-electron chi connectivity index (χ4n) is 1.53. The van der Waals surface area contributed by atoms with Crippen molar-refractivity contribution in [1.82, 2.24) is 0 Å². The molecule has 0 aliphatic heterocycles. The van der Waals surface area contributed by atoms with Gasteiger partial charge in [0.15, 0.2) is 0 Å². The molecule has 0 heterocycles. The van der Waals surface area contributed by atoms with Crippen molar-refractivity contribution in [2.75, 3.05) is 21.3 Å². The molecule has 2 unspecified atom stereocenters. The monoisotopic (exact) mass is 604 g/mol. The van der Waals surface area contributed by atoms with Gasteiger partial charge in [0, 0.05) is 21.3 Å². The molecule has 0 amide bonds. The Balaban J connectivity index is 3.23. The summed E-state index contributed by atoms with van der Waals surface area (Å²) in [5.41, 5.74) is 2.65. The first kappa shape index (κ1) is 16.4. The highest BCUT2D eigenvalue weighted by atomic mass is 79.9. The van der Waals surface area contributed by atoms with Gasteiger partial charge in [-0.15, -0.1) is 0 Å². The van der Waals surface area contributed by atoms with Crippen molar-refractivity contribution in [3.63, 3.8) is 0 Å². The summed E-state index contributed by atoms with van der Waals surface area (Å²) >= 11 is 21.9. The lowest BCUT2D eigenvalue weighted by molar-refractivity contribution is 0.843. The summed E-state index contributed by atoms with van der Waals surface area (Å²) in [6.07, 6.45) is 4.56. The molecule has 16 heavy (non-hydrogen) atoms. The van der Waals surface area contributed by atoms with Gasteiger partial charge in [-0.3, -0.25) is 0 Å². The van der Waals surface area contributed by atoms with Crippen molar-refractivity contribution in [2.24, 2.45) is 0 Å². The first-order chi connectivity index (χ1) is 7.45. The lowest BCUT2D eigenvalue weighted by Gasteiger charge is -2.37. The van der Waals surface area contributed by atoms with E-state index in [1.165, 1.54) is 11.1 Å². The van der Waals surface area contributed by atoms with Crippen molar-refractivity contribution in [3.8, 4) is 0 Å². The van der Waals surface area contributed by atoms with E-state index >= 15 is 0 Å². The number of halogens is 6. The van der Waals surface area contributed by atoms with Crippen LogP contribution in [0.1, 0.15) is 0 Å². The summed E-state index contributed by atoms with van der Waals surface area (Å²) in [6.45, 7) is 0. The predicted octanol–water partition coefficient (Wildman–Crippen LogP) is 5.70. The molecule has 1 aliphatic rings. The second kappa shape index (κ2) is 6.69. The molecule has 0 aromatic carbocycles. The lowest BCUT2D eigenvalue weighted by atomic mass is 9.86. The van der Waals surface area contributed by atoms with E-state index in [9.17, 15) is 0 Å². The SMILES string of the molecule is BrCC1=CC(Br)(CBr)C(CBr)=CC1(Br)CBr. The van der Waals surface area contributed by atoms with Crippen LogP contribution in [-0.2, 0) is 0 Å². The second-order valence-electron chi connectivity index (χ2n) is 3.60. The molecule has 92 valence electrons. The molecular formula is C10H10Br6. The van der Waals surface area contributed by atoms with Crippen molar-refractivity contribution >= 4 is 95.6 Å². The van der Waals surface area contributed by atoms with Crippen molar-refractivity contribution in [2.45, 2.75) is 8.65 Å². The molecule has 0 aromatic rings. The Labute approximate surface area is 147 Å². The minimum absolute atomic E-state index is 0.0843. The van der Waals surface area contributed by atoms with Crippen molar-refractivity contribution < 1.29 is 0 Å². The Bertz CT molecular complexity index is 291. The van der Waals surface area contributed by atoms with Gasteiger partial charge in [-0.25, -0.2) is 0 Å². The Hall–Kier alpha value is 2.36. The average molecular weight is 610 g/mol. The van der Waals surface area contributed by atoms with Crippen LogP contribution in [0.5, 0.6) is 0 Å². The van der Waals surface area contributed by atoms with Crippen LogP contribution in [-0.4, -0.2) is 30.0 Å². The minimum atomic E-state index is -0.0843. The standard InChI is InChI=1S/C10H10Br6/c11-3-7-1-9(15,5-13)8(4-12)2-10(7,16)6-14/h1-2H,3-6H2. The smallest absolute Gasteiger partial charge is 0.0754 e. The maximum atomic E-state index is 3.81. The normalized spacial score (nSPS) is 34.6. The summed E-state index contributed by atoms with van der Waals surface area (Å²) in [6, 6.07) is 0. The molecular weight excluding hydrogens is 600 g/mol. The zero-order chi connectivity index (χ0) is 12.4. The van der Waals surface area contributed by atoms with Crippen LogP contribution in [0, 0.1) is 0 Å². The lowest BCUT2D eigenvalue weighted by Crippen LogP contribution is -2.37. The Morgan fingerprint density at radius 1 is 0.750 bits per heavy atom. The molecule has 0 saturated carbocycles. The fraction of sp³-hybridized carbons (Fsp3) is 0.600. The van der Waals surface area contributed by atoms with Crippen LogP contribution >= 0.6 is 95.6 Å². The molecule has 0 fully saturated rings. The zero-order valence-corrected chi connectivity index (χ0v) is 17.8. The van der Waals surface area contributed by atoms with E-state index in [4.69, 9.17) is 0 Å². The molecule has 0 aromatic heterocycles. The maximum Gasteiger partial charge on any atom is 0.0754 e. The van der Waals surface area contributed by atoms with Crippen LogP contribution in [0.3, 0.4) is 0 Å². The molecule has 1 aliphatic carbocycles. The van der Waals surface area contributed by atoms with E-state index in [-0.39, 0.29) is 8.65 Å². The summed E-state index contributed by atoms with van der Waals surface area (Å²) < 4.78 is -0.169. The maximum absolute atomic E-state index is 3.81. The van der Waals surface area contributed by atoms with Crippen LogP contribution in [0.4, 0.5) is 0 Å². The van der Waals surface area contributed by atoms with Crippen molar-refractivity contribution in [1.29, 1.82) is 0 Å². The van der Waals surface area contributed by atoms with Gasteiger partial charge in [-0.05, 0) is 11.1 Å². The fourth-order valence-corrected chi connectivity index (χ4v) is 5.71. The van der Waals surface area contributed by atoms with Crippen molar-refractivity contribution in [3.05, 3.63) is 23.3 Å². The van der Waals surface area contributed by atoms with E-state index in [1.807, 2.05) is 0 Å². The van der Waals surface area contributed by atoms with Gasteiger partial charge >= 0.3 is 0 Å². The molecule has 2 atom stereocenters. The van der Waals surface area contributed by atoms with E-state index in [0.29, 0.717) is 0 Å². The first-order valence-corrected chi connectivity index (χ1v) is 10.6. The summed E-state index contributed by atoms with van der Waals surface area (Å²) in [5, 5.41) is 3.44. The molecule has 1 rings (SSSR count). The summed E-state index contributed by atoms with van der Waals surface area (Å²) in [4.78, 5) is 0. The Morgan fingerprint density at radius 3 is 1.25 bits per heavy atom. The number of alkyl halides is 6. The number of hydrogen-bond donors (Lipinski definition) is 0. The Morgan fingerprint density at radius 2 is 1.06 bits per heavy atom. The number of rotatable bonds is 4. The third-order valence-electron chi connectivity index (χ3n) is 2.55. The minimum Gasteiger partial charge on any atom is -0.0906 e. The molecule has 0 N–H and O–H groups in total. The van der Waals surface area contributed by atoms with Gasteiger partial charge in [-0.2, -0.15) is 0 Å². The predicted molar refractivity (Wildman–Crippen MR) is 94.7 cm³/mol. The van der Waals surface area contributed by atoms with E-state index in [0.717, 1.165) is 21.3 Å². The van der Waals surface area contributed by atoms with Gasteiger partial charge in [-0.1, -0.05) is 108 Å². The highest BCUT2D eigenvalue weighted by molar-refractivity contribution is 9.13. The van der Waals surface area contributed by atoms with E-state index in [2.05, 4.69) is 108 Å². The van der Waals surface area contributed by atoms with Gasteiger partial charge in [0.2, 0.25) is 0 Å². The molecule has 0 nitrogen and oxygen atoms in total. The summed E-state index contributed by atoms with van der Waals surface area (Å²) in [7, 11) is 0. The van der Waals surface area contributed by atoms with Crippen LogP contribution in [0.25, 0.3) is 0 Å². The third-order valence-corrected chi connectivity index (χ3v) is 9.07. The molecule has 0 bridgehead atoms. The van der Waals surface area contributed by atoms with Gasteiger partial charge < -0.3 is 0 Å². The van der Waals surface area contributed by atoms with Gasteiger partial charge in [0.05, 0.1) is 8.65 Å². The molecule has 0 saturated heterocycles. The van der Waals surface area contributed by atoms with Crippen LogP contribution in [0.2, 0.25) is 0 Å². The highest BCUT2D eigenvalue weighted by Gasteiger charge is 2.39. The second-order valence-corrected chi connectivity index (χ2v) is 8.67. The van der Waals surface area contributed by atoms with E-state index in [1.54, 1.807) is 0 Å². The number of allylic oxidation sites excluding steroid dienone is 4. The van der Waals surface area contributed by atoms with Crippen LogP contribution in [0.15, 0.2) is 23.3 Å². The molecule has 6 heteroatoms. The van der Waals surface area contributed by atoms with Crippen LogP contribution < -0.4 is 0 Å². The highest BCUT2D eigenvalue weighted by Crippen LogP contribution is 2.45. The first-order valence-electron chi connectivity index (χ1n) is 4.52. The number of hydrogen-bond acceptors (Lipinski definition) is 0. The third kappa shape index (κ3) is 3.27. The van der Waals surface area contributed by atoms with Gasteiger partial charge in [0.1, 0.15) is 0 Å². The largest absolute Gasteiger partial charge is 0.0906 e. The van der Waals surface area contributed by atoms with E-state index < -0.39 is 0 Å². The molecule has 0 radical (unpaired) electrons. The summed E-state index contributed by atoms with van der Waals surface area (Å²) in [5.74, 6) is 0.